The van der Waals surface area contributed by atoms with Crippen LogP contribution in [-0.2, 0) is 12.8 Å². The second-order valence-corrected chi connectivity index (χ2v) is 5.79. The third-order valence-corrected chi connectivity index (χ3v) is 3.46. The zero-order chi connectivity index (χ0) is 14.7. The van der Waals surface area contributed by atoms with Gasteiger partial charge in [0.25, 0.3) is 0 Å². The topological polar surface area (TPSA) is 38.0 Å². The van der Waals surface area contributed by atoms with E-state index in [1.807, 2.05) is 16.8 Å². The van der Waals surface area contributed by atoms with E-state index in [-0.39, 0.29) is 0 Å². The van der Waals surface area contributed by atoms with E-state index < -0.39 is 0 Å². The van der Waals surface area contributed by atoms with Crippen molar-refractivity contribution in [3.63, 3.8) is 0 Å². The zero-order valence-corrected chi connectivity index (χ0v) is 12.8. The average molecular weight is 272 g/mol. The predicted octanol–water partition coefficient (Wildman–Crippen LogP) is 4.04. The number of aryl methyl sites for hydroxylation is 2. The van der Waals surface area contributed by atoms with Crippen molar-refractivity contribution < 1.29 is 5.11 Å². The Balaban J connectivity index is 2.56. The minimum Gasteiger partial charge on any atom is -0.504 e. The van der Waals surface area contributed by atoms with Crippen LogP contribution in [0.5, 0.6) is 5.75 Å². The highest BCUT2D eigenvalue weighted by Gasteiger charge is 2.19. The first-order valence-electron chi connectivity index (χ1n) is 7.40. The number of hydrogen-bond acceptors (Lipinski definition) is 2. The first kappa shape index (κ1) is 14.6. The molecular formula is C17H24N2O. The summed E-state index contributed by atoms with van der Waals surface area (Å²) in [7, 11) is 0. The molecule has 108 valence electrons. The number of rotatable bonds is 5. The Kier molecular flexibility index (Phi) is 4.48. The summed E-state index contributed by atoms with van der Waals surface area (Å²) in [6.07, 6.45) is 2.63. The van der Waals surface area contributed by atoms with Crippen LogP contribution in [0.2, 0.25) is 0 Å². The fourth-order valence-electron chi connectivity index (χ4n) is 2.47. The summed E-state index contributed by atoms with van der Waals surface area (Å²) < 4.78 is 1.93. The summed E-state index contributed by atoms with van der Waals surface area (Å²) in [5, 5.41) is 15.1. The Hall–Kier alpha value is -1.77. The molecule has 1 heterocycles. The van der Waals surface area contributed by atoms with E-state index in [0.29, 0.717) is 11.7 Å². The molecule has 0 unspecified atom stereocenters. The Labute approximate surface area is 121 Å². The van der Waals surface area contributed by atoms with Gasteiger partial charge in [-0.1, -0.05) is 45.4 Å². The molecule has 2 aromatic rings. The summed E-state index contributed by atoms with van der Waals surface area (Å²) >= 11 is 0. The van der Waals surface area contributed by atoms with Crippen LogP contribution in [-0.4, -0.2) is 14.9 Å². The Bertz CT molecular complexity index is 585. The molecule has 1 aromatic heterocycles. The van der Waals surface area contributed by atoms with Gasteiger partial charge in [-0.3, -0.25) is 0 Å². The molecule has 0 atom stereocenters. The number of para-hydroxylation sites is 1. The van der Waals surface area contributed by atoms with Gasteiger partial charge in [-0.2, -0.15) is 5.10 Å². The fraction of sp³-hybridized carbons (Fsp3) is 0.471. The molecule has 1 aromatic carbocycles. The summed E-state index contributed by atoms with van der Waals surface area (Å²) in [4.78, 5) is 0. The van der Waals surface area contributed by atoms with E-state index in [1.54, 1.807) is 0 Å². The number of aromatic hydroxyl groups is 1. The first-order chi connectivity index (χ1) is 9.54. The van der Waals surface area contributed by atoms with Crippen LogP contribution < -0.4 is 0 Å². The van der Waals surface area contributed by atoms with E-state index in [2.05, 4.69) is 44.9 Å². The molecule has 0 bridgehead atoms. The van der Waals surface area contributed by atoms with Crippen LogP contribution in [0.4, 0.5) is 0 Å². The molecule has 0 saturated heterocycles. The molecule has 20 heavy (non-hydrogen) atoms. The van der Waals surface area contributed by atoms with Crippen molar-refractivity contribution in [3.8, 4) is 11.4 Å². The maximum absolute atomic E-state index is 10.5. The van der Waals surface area contributed by atoms with E-state index in [9.17, 15) is 5.11 Å². The van der Waals surface area contributed by atoms with Gasteiger partial charge in [0.05, 0.1) is 11.4 Å². The van der Waals surface area contributed by atoms with Crippen molar-refractivity contribution in [3.05, 3.63) is 41.2 Å². The molecule has 0 aliphatic heterocycles. The maximum Gasteiger partial charge on any atom is 0.160 e. The Morgan fingerprint density at radius 1 is 1.25 bits per heavy atom. The monoisotopic (exact) mass is 272 g/mol. The molecule has 0 radical (unpaired) electrons. The lowest BCUT2D eigenvalue weighted by atomic mass is 10.1. The van der Waals surface area contributed by atoms with Gasteiger partial charge < -0.3 is 5.11 Å². The summed E-state index contributed by atoms with van der Waals surface area (Å²) in [5.41, 5.74) is 3.97. The fourth-order valence-corrected chi connectivity index (χ4v) is 2.47. The van der Waals surface area contributed by atoms with Crippen molar-refractivity contribution in [2.24, 2.45) is 5.92 Å². The van der Waals surface area contributed by atoms with Crippen molar-refractivity contribution in [1.82, 2.24) is 9.78 Å². The minimum absolute atomic E-state index is 0.379. The van der Waals surface area contributed by atoms with E-state index >= 15 is 0 Å². The number of benzene rings is 1. The molecule has 0 aliphatic carbocycles. The van der Waals surface area contributed by atoms with Crippen molar-refractivity contribution in [1.29, 1.82) is 0 Å². The van der Waals surface area contributed by atoms with Crippen molar-refractivity contribution in [2.75, 3.05) is 0 Å². The van der Waals surface area contributed by atoms with Gasteiger partial charge in [0, 0.05) is 0 Å². The first-order valence-corrected chi connectivity index (χ1v) is 7.40. The minimum atomic E-state index is 0.379. The highest BCUT2D eigenvalue weighted by molar-refractivity contribution is 5.45. The molecule has 0 spiro atoms. The van der Waals surface area contributed by atoms with Gasteiger partial charge in [0.1, 0.15) is 5.69 Å². The second-order valence-electron chi connectivity index (χ2n) is 5.79. The molecule has 0 aliphatic rings. The zero-order valence-electron chi connectivity index (χ0n) is 12.8. The maximum atomic E-state index is 10.5. The third kappa shape index (κ3) is 2.87. The van der Waals surface area contributed by atoms with Crippen LogP contribution in [0.1, 0.15) is 44.1 Å². The van der Waals surface area contributed by atoms with Crippen molar-refractivity contribution >= 4 is 0 Å². The van der Waals surface area contributed by atoms with Gasteiger partial charge in [-0.25, -0.2) is 4.68 Å². The third-order valence-electron chi connectivity index (χ3n) is 3.46. The smallest absolute Gasteiger partial charge is 0.160 e. The van der Waals surface area contributed by atoms with Crippen LogP contribution >= 0.6 is 0 Å². The van der Waals surface area contributed by atoms with Crippen LogP contribution in [0.15, 0.2) is 24.3 Å². The lowest BCUT2D eigenvalue weighted by molar-refractivity contribution is 0.454. The lowest BCUT2D eigenvalue weighted by Crippen LogP contribution is -2.07. The van der Waals surface area contributed by atoms with Gasteiger partial charge in [0.2, 0.25) is 0 Å². The standard InChI is InChI=1S/C17H24N2O/c1-5-8-14-17(20)16(11-12(2)3)19(18-14)15-10-7-6-9-13(15)4/h6-7,9-10,12,20H,5,8,11H2,1-4H3. The van der Waals surface area contributed by atoms with Crippen molar-refractivity contribution in [2.45, 2.75) is 47.0 Å². The van der Waals surface area contributed by atoms with Gasteiger partial charge in [-0.15, -0.1) is 0 Å². The largest absolute Gasteiger partial charge is 0.504 e. The predicted molar refractivity (Wildman–Crippen MR) is 82.5 cm³/mol. The molecular weight excluding hydrogens is 248 g/mol. The SMILES string of the molecule is CCCc1nn(-c2ccccc2C)c(CC(C)C)c1O. The summed E-state index contributed by atoms with van der Waals surface area (Å²) in [6, 6.07) is 8.17. The molecule has 3 nitrogen and oxygen atoms in total. The number of hydrogen-bond donors (Lipinski definition) is 1. The molecule has 2 rings (SSSR count). The highest BCUT2D eigenvalue weighted by atomic mass is 16.3. The molecule has 1 N–H and O–H groups in total. The molecule has 3 heteroatoms. The van der Waals surface area contributed by atoms with Crippen LogP contribution in [0, 0.1) is 12.8 Å². The highest BCUT2D eigenvalue weighted by Crippen LogP contribution is 2.29. The van der Waals surface area contributed by atoms with Crippen LogP contribution in [0.25, 0.3) is 5.69 Å². The lowest BCUT2D eigenvalue weighted by Gasteiger charge is -2.11. The van der Waals surface area contributed by atoms with Gasteiger partial charge in [0.15, 0.2) is 5.75 Å². The summed E-state index contributed by atoms with van der Waals surface area (Å²) in [5.74, 6) is 0.860. The van der Waals surface area contributed by atoms with Gasteiger partial charge in [-0.05, 0) is 37.3 Å². The molecule has 0 amide bonds. The number of nitrogens with zero attached hydrogens (tertiary/aromatic N) is 2. The average Bonchev–Trinajstić information content (AvgIpc) is 2.68. The molecule has 0 saturated carbocycles. The normalized spacial score (nSPS) is 11.2. The second kappa shape index (κ2) is 6.12. The van der Waals surface area contributed by atoms with E-state index in [4.69, 9.17) is 0 Å². The van der Waals surface area contributed by atoms with Crippen LogP contribution in [0.3, 0.4) is 0 Å². The Morgan fingerprint density at radius 2 is 1.95 bits per heavy atom. The quantitative estimate of drug-likeness (QED) is 0.892. The molecule has 0 fully saturated rings. The van der Waals surface area contributed by atoms with E-state index in [1.165, 1.54) is 5.56 Å². The van der Waals surface area contributed by atoms with Gasteiger partial charge >= 0.3 is 0 Å². The van der Waals surface area contributed by atoms with E-state index in [0.717, 1.165) is 36.3 Å². The number of aromatic nitrogens is 2. The Morgan fingerprint density at radius 3 is 2.55 bits per heavy atom. The summed E-state index contributed by atoms with van der Waals surface area (Å²) in [6.45, 7) is 8.50.